The first-order valence-corrected chi connectivity index (χ1v) is 8.87. The number of hydrogen-bond donors (Lipinski definition) is 2. The number of benzene rings is 2. The molecule has 2 aromatic carbocycles. The maximum Gasteiger partial charge on any atom is 0.262 e. The molecule has 2 aromatic rings. The van der Waals surface area contributed by atoms with Crippen LogP contribution in [-0.2, 0) is 10.0 Å². The molecule has 24 heavy (non-hydrogen) atoms. The summed E-state index contributed by atoms with van der Waals surface area (Å²) >= 11 is 6.05. The quantitative estimate of drug-likeness (QED) is 0.814. The summed E-state index contributed by atoms with van der Waals surface area (Å²) < 4.78 is 37.8. The van der Waals surface area contributed by atoms with E-state index in [1.54, 1.807) is 13.0 Å². The van der Waals surface area contributed by atoms with Crippen LogP contribution in [0.2, 0.25) is 5.02 Å². The van der Waals surface area contributed by atoms with Gasteiger partial charge in [-0.05, 0) is 36.8 Å². The number of aliphatic hydroxyl groups excluding tert-OH is 1. The minimum absolute atomic E-state index is 0.00123. The Balaban J connectivity index is 2.40. The van der Waals surface area contributed by atoms with E-state index in [1.165, 1.54) is 44.6 Å². The van der Waals surface area contributed by atoms with Crippen molar-refractivity contribution < 1.29 is 23.0 Å². The Bertz CT molecular complexity index is 836. The van der Waals surface area contributed by atoms with Gasteiger partial charge in [-0.25, -0.2) is 8.42 Å². The molecule has 2 N–H and O–H groups in total. The first-order valence-electron chi connectivity index (χ1n) is 7.01. The molecule has 0 saturated heterocycles. The topological polar surface area (TPSA) is 84.9 Å². The highest BCUT2D eigenvalue weighted by molar-refractivity contribution is 7.92. The number of rotatable bonds is 6. The second kappa shape index (κ2) is 7.29. The molecule has 0 amide bonds. The number of sulfonamides is 1. The maximum absolute atomic E-state index is 12.6. The van der Waals surface area contributed by atoms with Crippen molar-refractivity contribution in [3.63, 3.8) is 0 Å². The highest BCUT2D eigenvalue weighted by atomic mass is 35.5. The van der Waals surface area contributed by atoms with Crippen LogP contribution >= 0.6 is 11.6 Å². The summed E-state index contributed by atoms with van der Waals surface area (Å²) in [7, 11) is -1.00. The average molecular weight is 372 g/mol. The molecule has 0 saturated carbocycles. The van der Waals surface area contributed by atoms with E-state index >= 15 is 0 Å². The standard InChI is InChI=1S/C16H18ClNO5S/c1-10(19)11-4-6-13(17)14(8-11)18-24(20,21)12-5-7-15(22-2)16(9-12)23-3/h4-10,18-19H,1-3H3. The van der Waals surface area contributed by atoms with Gasteiger partial charge in [0.2, 0.25) is 0 Å². The van der Waals surface area contributed by atoms with Gasteiger partial charge in [-0.3, -0.25) is 4.72 Å². The van der Waals surface area contributed by atoms with Gasteiger partial charge in [-0.1, -0.05) is 17.7 Å². The molecule has 130 valence electrons. The third-order valence-corrected chi connectivity index (χ3v) is 5.08. The summed E-state index contributed by atoms with van der Waals surface area (Å²) in [6.45, 7) is 1.58. The first-order chi connectivity index (χ1) is 11.3. The van der Waals surface area contributed by atoms with Gasteiger partial charge in [0.1, 0.15) is 0 Å². The van der Waals surface area contributed by atoms with Crippen molar-refractivity contribution in [2.75, 3.05) is 18.9 Å². The van der Waals surface area contributed by atoms with Gasteiger partial charge in [0, 0.05) is 6.07 Å². The lowest BCUT2D eigenvalue weighted by Crippen LogP contribution is -2.14. The normalized spacial score (nSPS) is 12.5. The van der Waals surface area contributed by atoms with E-state index in [4.69, 9.17) is 21.1 Å². The molecule has 6 nitrogen and oxygen atoms in total. The zero-order chi connectivity index (χ0) is 17.9. The van der Waals surface area contributed by atoms with E-state index in [0.29, 0.717) is 17.1 Å². The Morgan fingerprint density at radius 1 is 1.08 bits per heavy atom. The lowest BCUT2D eigenvalue weighted by atomic mass is 10.1. The highest BCUT2D eigenvalue weighted by Gasteiger charge is 2.19. The number of halogens is 1. The van der Waals surface area contributed by atoms with Gasteiger partial charge in [-0.15, -0.1) is 0 Å². The lowest BCUT2D eigenvalue weighted by molar-refractivity contribution is 0.199. The molecule has 0 bridgehead atoms. The van der Waals surface area contributed by atoms with Gasteiger partial charge in [0.25, 0.3) is 10.0 Å². The van der Waals surface area contributed by atoms with E-state index < -0.39 is 16.1 Å². The molecule has 0 aliphatic carbocycles. The van der Waals surface area contributed by atoms with Gasteiger partial charge in [-0.2, -0.15) is 0 Å². The molecule has 0 aliphatic rings. The smallest absolute Gasteiger partial charge is 0.262 e. The summed E-state index contributed by atoms with van der Waals surface area (Å²) in [5, 5.41) is 9.86. The van der Waals surface area contributed by atoms with Crippen molar-refractivity contribution in [3.05, 3.63) is 47.0 Å². The number of nitrogens with one attached hydrogen (secondary N) is 1. The third-order valence-electron chi connectivity index (χ3n) is 3.38. The Morgan fingerprint density at radius 2 is 1.75 bits per heavy atom. The van der Waals surface area contributed by atoms with E-state index in [2.05, 4.69) is 4.72 Å². The molecule has 0 fully saturated rings. The molecular formula is C16H18ClNO5S. The van der Waals surface area contributed by atoms with Crippen molar-refractivity contribution in [1.29, 1.82) is 0 Å². The number of anilines is 1. The van der Waals surface area contributed by atoms with Crippen LogP contribution in [0.5, 0.6) is 11.5 Å². The van der Waals surface area contributed by atoms with Crippen molar-refractivity contribution in [2.45, 2.75) is 17.9 Å². The van der Waals surface area contributed by atoms with Crippen LogP contribution in [0.1, 0.15) is 18.6 Å². The van der Waals surface area contributed by atoms with Crippen LogP contribution in [0.25, 0.3) is 0 Å². The summed E-state index contributed by atoms with van der Waals surface area (Å²) in [6, 6.07) is 8.90. The molecule has 0 radical (unpaired) electrons. The average Bonchev–Trinajstić information content (AvgIpc) is 2.55. The van der Waals surface area contributed by atoms with Gasteiger partial charge >= 0.3 is 0 Å². The summed E-state index contributed by atoms with van der Waals surface area (Å²) in [5.41, 5.74) is 0.731. The molecule has 0 aliphatic heterocycles. The van der Waals surface area contributed by atoms with Crippen molar-refractivity contribution in [3.8, 4) is 11.5 Å². The second-order valence-electron chi connectivity index (χ2n) is 5.04. The molecule has 0 heterocycles. The molecule has 2 rings (SSSR count). The third kappa shape index (κ3) is 3.92. The van der Waals surface area contributed by atoms with Crippen LogP contribution in [0.3, 0.4) is 0 Å². The predicted octanol–water partition coefficient (Wildman–Crippen LogP) is 3.21. The molecule has 8 heteroatoms. The zero-order valence-corrected chi connectivity index (χ0v) is 15.0. The van der Waals surface area contributed by atoms with E-state index in [0.717, 1.165) is 0 Å². The minimum atomic E-state index is -3.89. The number of aliphatic hydroxyl groups is 1. The highest BCUT2D eigenvalue weighted by Crippen LogP contribution is 2.32. The van der Waals surface area contributed by atoms with Gasteiger partial charge in [0.05, 0.1) is 35.9 Å². The lowest BCUT2D eigenvalue weighted by Gasteiger charge is -2.14. The largest absolute Gasteiger partial charge is 0.493 e. The monoisotopic (exact) mass is 371 g/mol. The van der Waals surface area contributed by atoms with Crippen molar-refractivity contribution in [2.24, 2.45) is 0 Å². The second-order valence-corrected chi connectivity index (χ2v) is 7.13. The molecular weight excluding hydrogens is 354 g/mol. The number of hydrogen-bond acceptors (Lipinski definition) is 5. The summed E-state index contributed by atoms with van der Waals surface area (Å²) in [5.74, 6) is 0.717. The molecule has 0 spiro atoms. The Morgan fingerprint density at radius 3 is 2.33 bits per heavy atom. The van der Waals surface area contributed by atoms with E-state index in [-0.39, 0.29) is 15.6 Å². The van der Waals surface area contributed by atoms with Gasteiger partial charge < -0.3 is 14.6 Å². The first kappa shape index (κ1) is 18.4. The van der Waals surface area contributed by atoms with E-state index in [9.17, 15) is 13.5 Å². The number of methoxy groups -OCH3 is 2. The predicted molar refractivity (Wildman–Crippen MR) is 92.4 cm³/mol. The van der Waals surface area contributed by atoms with Crippen LogP contribution in [0.4, 0.5) is 5.69 Å². The Labute approximate surface area is 146 Å². The van der Waals surface area contributed by atoms with Crippen LogP contribution in [0.15, 0.2) is 41.3 Å². The fraction of sp³-hybridized carbons (Fsp3) is 0.250. The Hall–Kier alpha value is -1.96. The summed E-state index contributed by atoms with van der Waals surface area (Å²) in [4.78, 5) is -0.00123. The van der Waals surface area contributed by atoms with Crippen molar-refractivity contribution in [1.82, 2.24) is 0 Å². The maximum atomic E-state index is 12.6. The zero-order valence-electron chi connectivity index (χ0n) is 13.4. The van der Waals surface area contributed by atoms with Crippen LogP contribution in [-0.4, -0.2) is 27.7 Å². The van der Waals surface area contributed by atoms with Crippen LogP contribution < -0.4 is 14.2 Å². The molecule has 0 aromatic heterocycles. The van der Waals surface area contributed by atoms with Gasteiger partial charge in [0.15, 0.2) is 11.5 Å². The minimum Gasteiger partial charge on any atom is -0.493 e. The van der Waals surface area contributed by atoms with Crippen molar-refractivity contribution >= 4 is 27.3 Å². The Kier molecular flexibility index (Phi) is 5.58. The van der Waals surface area contributed by atoms with E-state index in [1.807, 2.05) is 0 Å². The SMILES string of the molecule is COc1ccc(S(=O)(=O)Nc2cc(C(C)O)ccc2Cl)cc1OC. The summed E-state index contributed by atoms with van der Waals surface area (Å²) in [6.07, 6.45) is -0.744. The molecule has 1 unspecified atom stereocenters. The fourth-order valence-electron chi connectivity index (χ4n) is 2.07. The van der Waals surface area contributed by atoms with Crippen LogP contribution in [0, 0.1) is 0 Å². The number of ether oxygens (including phenoxy) is 2. The molecule has 1 atom stereocenters. The fourth-order valence-corrected chi connectivity index (χ4v) is 3.37.